The van der Waals surface area contributed by atoms with Gasteiger partial charge < -0.3 is 26.0 Å². The first-order valence-electron chi connectivity index (χ1n) is 12.9. The molecule has 2 rings (SSSR count). The van der Waals surface area contributed by atoms with Gasteiger partial charge in [0, 0.05) is 83.9 Å². The maximum atomic E-state index is 12.3. The van der Waals surface area contributed by atoms with E-state index in [0.29, 0.717) is 13.1 Å². The highest BCUT2D eigenvalue weighted by molar-refractivity contribution is 6.13. The van der Waals surface area contributed by atoms with Crippen LogP contribution in [-0.4, -0.2) is 154 Å². The molecule has 2 heterocycles. The smallest absolute Gasteiger partial charge is 0.320 e. The highest BCUT2D eigenvalue weighted by Gasteiger charge is 2.29. The Hall–Kier alpha value is -3.89. The molecule has 16 heteroatoms. The van der Waals surface area contributed by atoms with Crippen molar-refractivity contribution in [2.24, 2.45) is 0 Å². The van der Waals surface area contributed by atoms with E-state index in [1.807, 2.05) is 0 Å². The van der Waals surface area contributed by atoms with Gasteiger partial charge in [-0.05, 0) is 6.42 Å². The fraction of sp³-hybridized carbons (Fsp3) is 0.625. The zero-order valence-corrected chi connectivity index (χ0v) is 22.1. The molecule has 0 aromatic heterocycles. The third-order valence-corrected chi connectivity index (χ3v) is 6.46. The zero-order valence-electron chi connectivity index (χ0n) is 22.1. The van der Waals surface area contributed by atoms with Gasteiger partial charge in [-0.2, -0.15) is 0 Å². The molecular formula is C24H36N6O10. The normalized spacial score (nSPS) is 18.1. The summed E-state index contributed by atoms with van der Waals surface area (Å²) < 4.78 is 0. The third-order valence-electron chi connectivity index (χ3n) is 6.46. The van der Waals surface area contributed by atoms with Crippen LogP contribution in [0.5, 0.6) is 0 Å². The van der Waals surface area contributed by atoms with Gasteiger partial charge in [-0.3, -0.25) is 53.2 Å². The summed E-state index contributed by atoms with van der Waals surface area (Å²) in [4.78, 5) is 87.5. The van der Waals surface area contributed by atoms with Crippen molar-refractivity contribution >= 4 is 41.5 Å². The Kier molecular flexibility index (Phi) is 13.1. The summed E-state index contributed by atoms with van der Waals surface area (Å²) in [6.45, 7) is 1.20. The fourth-order valence-electron chi connectivity index (χ4n) is 4.34. The van der Waals surface area contributed by atoms with Crippen LogP contribution >= 0.6 is 0 Å². The summed E-state index contributed by atoms with van der Waals surface area (Å²) in [5.41, 5.74) is 0. The van der Waals surface area contributed by atoms with E-state index in [4.69, 9.17) is 0 Å². The van der Waals surface area contributed by atoms with E-state index in [2.05, 4.69) is 10.6 Å². The number of amides is 4. The quantitative estimate of drug-likeness (QED) is 0.0975. The van der Waals surface area contributed by atoms with Gasteiger partial charge in [0.15, 0.2) is 0 Å². The van der Waals surface area contributed by atoms with E-state index in [1.54, 1.807) is 14.7 Å². The molecule has 0 spiro atoms. The molecule has 5 N–H and O–H groups in total. The van der Waals surface area contributed by atoms with Crippen LogP contribution in [0.2, 0.25) is 0 Å². The molecule has 16 nitrogen and oxygen atoms in total. The summed E-state index contributed by atoms with van der Waals surface area (Å²) in [6.07, 6.45) is 2.02. The van der Waals surface area contributed by atoms with E-state index in [1.165, 1.54) is 0 Å². The number of imide groups is 1. The second-order valence-electron chi connectivity index (χ2n) is 9.38. The van der Waals surface area contributed by atoms with Crippen LogP contribution in [0.15, 0.2) is 12.2 Å². The highest BCUT2D eigenvalue weighted by Crippen LogP contribution is 2.11. The summed E-state index contributed by atoms with van der Waals surface area (Å²) in [5, 5.41) is 33.4. The van der Waals surface area contributed by atoms with Crippen LogP contribution in [0.25, 0.3) is 0 Å². The minimum absolute atomic E-state index is 0.0304. The summed E-state index contributed by atoms with van der Waals surface area (Å²) in [6, 6.07) is -1.05. The van der Waals surface area contributed by atoms with Crippen LogP contribution in [-0.2, 0) is 33.6 Å². The van der Waals surface area contributed by atoms with Gasteiger partial charge >= 0.3 is 17.9 Å². The Bertz CT molecular complexity index is 957. The Morgan fingerprint density at radius 1 is 0.725 bits per heavy atom. The van der Waals surface area contributed by atoms with Crippen molar-refractivity contribution in [3.8, 4) is 0 Å². The monoisotopic (exact) mass is 568 g/mol. The molecular weight excluding hydrogens is 532 g/mol. The van der Waals surface area contributed by atoms with Crippen molar-refractivity contribution < 1.29 is 48.9 Å². The van der Waals surface area contributed by atoms with E-state index in [-0.39, 0.29) is 78.2 Å². The third kappa shape index (κ3) is 11.5. The predicted molar refractivity (Wildman–Crippen MR) is 137 cm³/mol. The molecule has 0 aromatic rings. The lowest BCUT2D eigenvalue weighted by Gasteiger charge is -2.30. The van der Waals surface area contributed by atoms with Gasteiger partial charge in [-0.1, -0.05) is 0 Å². The summed E-state index contributed by atoms with van der Waals surface area (Å²) in [7, 11) is 0. The Balaban J connectivity index is 1.80. The fourth-order valence-corrected chi connectivity index (χ4v) is 4.34. The summed E-state index contributed by atoms with van der Waals surface area (Å²) in [5.74, 6) is -5.05. The zero-order chi connectivity index (χ0) is 29.7. The predicted octanol–water partition coefficient (Wildman–Crippen LogP) is -3.14. The maximum absolute atomic E-state index is 12.3. The number of aliphatic carboxylic acids is 3. The largest absolute Gasteiger partial charge is 0.480 e. The molecule has 1 atom stereocenters. The molecule has 0 bridgehead atoms. The van der Waals surface area contributed by atoms with Crippen LogP contribution in [0.4, 0.5) is 0 Å². The van der Waals surface area contributed by atoms with Crippen molar-refractivity contribution in [2.45, 2.75) is 25.3 Å². The number of carboxylic acids is 3. The Labute approximate surface area is 230 Å². The number of hydrogen-bond donors (Lipinski definition) is 5. The SMILES string of the molecule is O=C(O)CN1CCN(CC(=O)O)CCN(C(CCC(=O)NCCNC(=O)CCN2C(=O)C=CC2=O)C(=O)O)CC1. The molecule has 4 amide bonds. The van der Waals surface area contributed by atoms with Crippen molar-refractivity contribution in [1.29, 1.82) is 0 Å². The number of nitrogens with zero attached hydrogens (tertiary/aromatic N) is 4. The number of carbonyl (C=O) groups is 7. The van der Waals surface area contributed by atoms with Crippen LogP contribution in [0, 0.1) is 0 Å². The van der Waals surface area contributed by atoms with E-state index < -0.39 is 47.6 Å². The van der Waals surface area contributed by atoms with Gasteiger partial charge in [-0.15, -0.1) is 0 Å². The minimum Gasteiger partial charge on any atom is -0.480 e. The second-order valence-corrected chi connectivity index (χ2v) is 9.38. The van der Waals surface area contributed by atoms with Crippen molar-refractivity contribution in [3.05, 3.63) is 12.2 Å². The topological polar surface area (TPSA) is 217 Å². The maximum Gasteiger partial charge on any atom is 0.320 e. The van der Waals surface area contributed by atoms with Crippen LogP contribution < -0.4 is 10.6 Å². The van der Waals surface area contributed by atoms with E-state index in [0.717, 1.165) is 17.1 Å². The van der Waals surface area contributed by atoms with Crippen LogP contribution in [0.1, 0.15) is 19.3 Å². The summed E-state index contributed by atoms with van der Waals surface area (Å²) >= 11 is 0. The molecule has 0 aliphatic carbocycles. The molecule has 222 valence electrons. The lowest BCUT2D eigenvalue weighted by Crippen LogP contribution is -2.47. The minimum atomic E-state index is -1.15. The first kappa shape index (κ1) is 32.3. The second kappa shape index (κ2) is 16.3. The van der Waals surface area contributed by atoms with Gasteiger partial charge in [0.2, 0.25) is 11.8 Å². The molecule has 1 saturated heterocycles. The van der Waals surface area contributed by atoms with Gasteiger partial charge in [0.05, 0.1) is 13.1 Å². The number of carbonyl (C=O) groups excluding carboxylic acids is 4. The molecule has 0 saturated carbocycles. The number of rotatable bonds is 15. The molecule has 1 unspecified atom stereocenters. The Morgan fingerprint density at radius 2 is 1.18 bits per heavy atom. The molecule has 0 aromatic carbocycles. The van der Waals surface area contributed by atoms with Gasteiger partial charge in [0.25, 0.3) is 11.8 Å². The first-order chi connectivity index (χ1) is 19.0. The van der Waals surface area contributed by atoms with Crippen molar-refractivity contribution in [2.75, 3.05) is 72.0 Å². The van der Waals surface area contributed by atoms with Crippen molar-refractivity contribution in [3.63, 3.8) is 0 Å². The molecule has 40 heavy (non-hydrogen) atoms. The van der Waals surface area contributed by atoms with Crippen LogP contribution in [0.3, 0.4) is 0 Å². The lowest BCUT2D eigenvalue weighted by molar-refractivity contribution is -0.145. The molecule has 2 aliphatic rings. The number of nitrogens with one attached hydrogen (secondary N) is 2. The lowest BCUT2D eigenvalue weighted by atomic mass is 10.1. The number of carboxylic acid groups (broad SMARTS) is 3. The van der Waals surface area contributed by atoms with E-state index in [9.17, 15) is 48.9 Å². The van der Waals surface area contributed by atoms with E-state index >= 15 is 0 Å². The molecule has 1 fully saturated rings. The average Bonchev–Trinajstić information content (AvgIpc) is 3.23. The molecule has 2 aliphatic heterocycles. The highest BCUT2D eigenvalue weighted by atomic mass is 16.4. The number of hydrogen-bond acceptors (Lipinski definition) is 10. The van der Waals surface area contributed by atoms with Crippen molar-refractivity contribution in [1.82, 2.24) is 30.2 Å². The molecule has 0 radical (unpaired) electrons. The Morgan fingerprint density at radius 3 is 1.62 bits per heavy atom. The first-order valence-corrected chi connectivity index (χ1v) is 12.9. The standard InChI is InChI=1S/C24H36N6O10/c31-18(25-6-7-26-19(32)5-8-30-20(33)3-4-21(30)34)2-1-17(24(39)40)29-13-11-27(15-22(35)36)9-10-28(12-14-29)16-23(37)38/h3-4,17H,1-2,5-16H2,(H,25,31)(H,26,32)(H,35,36)(H,37,38)(H,39,40). The van der Waals surface area contributed by atoms with Gasteiger partial charge in [0.1, 0.15) is 6.04 Å². The average molecular weight is 569 g/mol. The van der Waals surface area contributed by atoms with Gasteiger partial charge in [-0.25, -0.2) is 0 Å².